The summed E-state index contributed by atoms with van der Waals surface area (Å²) in [6, 6.07) is 9.22. The molecule has 0 amide bonds. The molecule has 0 aliphatic heterocycles. The maximum Gasteiger partial charge on any atom is 0.338 e. The number of benzene rings is 1. The van der Waals surface area contributed by atoms with Crippen LogP contribution in [0, 0.1) is 11.8 Å². The molecule has 0 saturated heterocycles. The lowest BCUT2D eigenvalue weighted by Gasteiger charge is -2.28. The van der Waals surface area contributed by atoms with Gasteiger partial charge < -0.3 is 4.74 Å². The van der Waals surface area contributed by atoms with Crippen molar-refractivity contribution in [2.24, 2.45) is 11.8 Å². The second kappa shape index (κ2) is 5.85. The SMILES string of the molecule is CC1CCCCC1COC(=O)c1ccccc1. The van der Waals surface area contributed by atoms with Crippen molar-refractivity contribution in [1.29, 1.82) is 0 Å². The van der Waals surface area contributed by atoms with Crippen LogP contribution in [0.3, 0.4) is 0 Å². The molecule has 0 spiro atoms. The van der Waals surface area contributed by atoms with Gasteiger partial charge in [-0.1, -0.05) is 44.4 Å². The topological polar surface area (TPSA) is 26.3 Å². The third-order valence-electron chi connectivity index (χ3n) is 3.73. The van der Waals surface area contributed by atoms with E-state index in [0.29, 0.717) is 24.0 Å². The summed E-state index contributed by atoms with van der Waals surface area (Å²) in [5, 5.41) is 0. The molecule has 17 heavy (non-hydrogen) atoms. The van der Waals surface area contributed by atoms with E-state index in [-0.39, 0.29) is 5.97 Å². The standard InChI is InChI=1S/C15H20O2/c1-12-7-5-6-10-14(12)11-17-15(16)13-8-3-2-4-9-13/h2-4,8-9,12,14H,5-7,10-11H2,1H3. The molecule has 2 heteroatoms. The Labute approximate surface area is 103 Å². The van der Waals surface area contributed by atoms with Crippen LogP contribution in [0.1, 0.15) is 43.0 Å². The summed E-state index contributed by atoms with van der Waals surface area (Å²) in [5.74, 6) is 1.05. The van der Waals surface area contributed by atoms with Crippen molar-refractivity contribution in [3.05, 3.63) is 35.9 Å². The highest BCUT2D eigenvalue weighted by Crippen LogP contribution is 2.29. The lowest BCUT2D eigenvalue weighted by atomic mass is 9.81. The van der Waals surface area contributed by atoms with Crippen molar-refractivity contribution in [2.75, 3.05) is 6.61 Å². The third kappa shape index (κ3) is 3.32. The number of carbonyl (C=O) groups excluding carboxylic acids is 1. The molecule has 0 heterocycles. The zero-order valence-corrected chi connectivity index (χ0v) is 10.4. The van der Waals surface area contributed by atoms with Gasteiger partial charge in [-0.25, -0.2) is 4.79 Å². The Morgan fingerprint density at radius 3 is 2.65 bits per heavy atom. The molecule has 0 aromatic heterocycles. The van der Waals surface area contributed by atoms with E-state index in [0.717, 1.165) is 0 Å². The molecule has 2 nitrogen and oxygen atoms in total. The highest BCUT2D eigenvalue weighted by atomic mass is 16.5. The number of carbonyl (C=O) groups is 1. The molecular weight excluding hydrogens is 212 g/mol. The lowest BCUT2D eigenvalue weighted by Crippen LogP contribution is -2.23. The van der Waals surface area contributed by atoms with Gasteiger partial charge in [0, 0.05) is 0 Å². The molecule has 0 N–H and O–H groups in total. The highest BCUT2D eigenvalue weighted by molar-refractivity contribution is 5.89. The van der Waals surface area contributed by atoms with Crippen molar-refractivity contribution < 1.29 is 9.53 Å². The molecule has 2 atom stereocenters. The van der Waals surface area contributed by atoms with Crippen LogP contribution in [-0.4, -0.2) is 12.6 Å². The van der Waals surface area contributed by atoms with Gasteiger partial charge in [-0.3, -0.25) is 0 Å². The lowest BCUT2D eigenvalue weighted by molar-refractivity contribution is 0.0355. The average Bonchev–Trinajstić information content (AvgIpc) is 2.38. The van der Waals surface area contributed by atoms with E-state index in [1.54, 1.807) is 12.1 Å². The van der Waals surface area contributed by atoms with E-state index in [2.05, 4.69) is 6.92 Å². The largest absolute Gasteiger partial charge is 0.462 e. The molecule has 2 unspecified atom stereocenters. The fraction of sp³-hybridized carbons (Fsp3) is 0.533. The summed E-state index contributed by atoms with van der Waals surface area (Å²) in [7, 11) is 0. The van der Waals surface area contributed by atoms with Crippen molar-refractivity contribution in [3.63, 3.8) is 0 Å². The Hall–Kier alpha value is -1.31. The Kier molecular flexibility index (Phi) is 4.18. The average molecular weight is 232 g/mol. The van der Waals surface area contributed by atoms with Gasteiger partial charge >= 0.3 is 5.97 Å². The van der Waals surface area contributed by atoms with E-state index in [9.17, 15) is 4.79 Å². The van der Waals surface area contributed by atoms with E-state index in [1.807, 2.05) is 18.2 Å². The summed E-state index contributed by atoms with van der Waals surface area (Å²) in [4.78, 5) is 11.8. The van der Waals surface area contributed by atoms with Gasteiger partial charge in [0.15, 0.2) is 0 Å². The van der Waals surface area contributed by atoms with Gasteiger partial charge in [-0.05, 0) is 30.4 Å². The molecule has 0 bridgehead atoms. The van der Waals surface area contributed by atoms with Gasteiger partial charge in [0.2, 0.25) is 0 Å². The van der Waals surface area contributed by atoms with Gasteiger partial charge in [0.05, 0.1) is 12.2 Å². The van der Waals surface area contributed by atoms with Gasteiger partial charge in [-0.2, -0.15) is 0 Å². The fourth-order valence-corrected chi connectivity index (χ4v) is 2.48. The first-order valence-electron chi connectivity index (χ1n) is 6.49. The minimum Gasteiger partial charge on any atom is -0.462 e. The smallest absolute Gasteiger partial charge is 0.338 e. The predicted octanol–water partition coefficient (Wildman–Crippen LogP) is 3.67. The van der Waals surface area contributed by atoms with Crippen LogP contribution in [0.15, 0.2) is 30.3 Å². The summed E-state index contributed by atoms with van der Waals surface area (Å²) in [6.45, 7) is 2.84. The van der Waals surface area contributed by atoms with Crippen LogP contribution < -0.4 is 0 Å². The van der Waals surface area contributed by atoms with Crippen molar-refractivity contribution in [2.45, 2.75) is 32.6 Å². The monoisotopic (exact) mass is 232 g/mol. The maximum absolute atomic E-state index is 11.8. The molecule has 92 valence electrons. The number of ether oxygens (including phenoxy) is 1. The Bertz CT molecular complexity index is 358. The molecule has 1 fully saturated rings. The molecule has 1 aliphatic carbocycles. The first kappa shape index (κ1) is 12.2. The summed E-state index contributed by atoms with van der Waals surface area (Å²) in [5.41, 5.74) is 0.649. The number of hydrogen-bond acceptors (Lipinski definition) is 2. The first-order chi connectivity index (χ1) is 8.27. The zero-order chi connectivity index (χ0) is 12.1. The van der Waals surface area contributed by atoms with Gasteiger partial charge in [-0.15, -0.1) is 0 Å². The Balaban J connectivity index is 1.84. The minimum atomic E-state index is -0.191. The first-order valence-corrected chi connectivity index (χ1v) is 6.49. The van der Waals surface area contributed by atoms with Crippen LogP contribution in [-0.2, 0) is 4.74 Å². The number of hydrogen-bond donors (Lipinski definition) is 0. The highest BCUT2D eigenvalue weighted by Gasteiger charge is 2.22. The molecule has 1 saturated carbocycles. The normalized spacial score (nSPS) is 24.3. The van der Waals surface area contributed by atoms with Gasteiger partial charge in [0.25, 0.3) is 0 Å². The van der Waals surface area contributed by atoms with E-state index in [1.165, 1.54) is 25.7 Å². The molecule has 0 radical (unpaired) electrons. The van der Waals surface area contributed by atoms with Crippen LogP contribution >= 0.6 is 0 Å². The molecule has 2 rings (SSSR count). The Morgan fingerprint density at radius 2 is 1.94 bits per heavy atom. The zero-order valence-electron chi connectivity index (χ0n) is 10.4. The number of rotatable bonds is 3. The second-order valence-electron chi connectivity index (χ2n) is 4.99. The van der Waals surface area contributed by atoms with Crippen molar-refractivity contribution in [1.82, 2.24) is 0 Å². The van der Waals surface area contributed by atoms with Crippen LogP contribution in [0.25, 0.3) is 0 Å². The van der Waals surface area contributed by atoms with E-state index < -0.39 is 0 Å². The van der Waals surface area contributed by atoms with Crippen LogP contribution in [0.4, 0.5) is 0 Å². The predicted molar refractivity (Wildman–Crippen MR) is 67.8 cm³/mol. The summed E-state index contributed by atoms with van der Waals surface area (Å²) >= 11 is 0. The number of esters is 1. The van der Waals surface area contributed by atoms with Crippen molar-refractivity contribution in [3.8, 4) is 0 Å². The summed E-state index contributed by atoms with van der Waals surface area (Å²) in [6.07, 6.45) is 5.07. The molecule has 1 aromatic carbocycles. The van der Waals surface area contributed by atoms with Crippen LogP contribution in [0.2, 0.25) is 0 Å². The van der Waals surface area contributed by atoms with Crippen LogP contribution in [0.5, 0.6) is 0 Å². The van der Waals surface area contributed by atoms with E-state index in [4.69, 9.17) is 4.74 Å². The molecule has 1 aliphatic rings. The second-order valence-corrected chi connectivity index (χ2v) is 4.99. The fourth-order valence-electron chi connectivity index (χ4n) is 2.48. The van der Waals surface area contributed by atoms with Crippen molar-refractivity contribution >= 4 is 5.97 Å². The molecular formula is C15H20O2. The van der Waals surface area contributed by atoms with Gasteiger partial charge in [0.1, 0.15) is 0 Å². The third-order valence-corrected chi connectivity index (χ3v) is 3.73. The van der Waals surface area contributed by atoms with E-state index >= 15 is 0 Å². The Morgan fingerprint density at radius 1 is 1.24 bits per heavy atom. The quantitative estimate of drug-likeness (QED) is 0.743. The minimum absolute atomic E-state index is 0.191. The maximum atomic E-state index is 11.8. The summed E-state index contributed by atoms with van der Waals surface area (Å²) < 4.78 is 5.40. The molecule has 1 aromatic rings.